The van der Waals surface area contributed by atoms with Crippen molar-refractivity contribution in [3.63, 3.8) is 0 Å². The number of methoxy groups -OCH3 is 1. The summed E-state index contributed by atoms with van der Waals surface area (Å²) in [4.78, 5) is 22.1. The quantitative estimate of drug-likeness (QED) is 0.706. The van der Waals surface area contributed by atoms with Crippen LogP contribution in [0.15, 0.2) is 28.9 Å². The van der Waals surface area contributed by atoms with Crippen LogP contribution in [0.1, 0.15) is 5.76 Å². The fourth-order valence-corrected chi connectivity index (χ4v) is 1.11. The molecule has 0 bridgehead atoms. The fourth-order valence-electron chi connectivity index (χ4n) is 1.11. The number of furan rings is 1. The van der Waals surface area contributed by atoms with E-state index in [-0.39, 0.29) is 6.61 Å². The third kappa shape index (κ3) is 4.52. The number of amides is 1. The van der Waals surface area contributed by atoms with Gasteiger partial charge in [0.2, 0.25) is 5.91 Å². The minimum atomic E-state index is -1.15. The molecule has 0 fully saturated rings. The second kappa shape index (κ2) is 6.49. The van der Waals surface area contributed by atoms with Crippen molar-refractivity contribution < 1.29 is 23.8 Å². The van der Waals surface area contributed by atoms with Gasteiger partial charge in [-0.1, -0.05) is 0 Å². The lowest BCUT2D eigenvalue weighted by Crippen LogP contribution is -2.43. The zero-order valence-electron chi connectivity index (χ0n) is 9.25. The number of carbonyl (C=O) groups excluding carboxylic acids is 1. The standard InChI is InChI=1S/C11H13NO5/c1-16-7-9(11(14)15)12-10(13)5-4-8-3-2-6-17-8/h2-6,9H,7H2,1H3,(H,12,13)(H,14,15)/b5-4+. The molecule has 6 heteroatoms. The van der Waals surface area contributed by atoms with E-state index < -0.39 is 17.9 Å². The van der Waals surface area contributed by atoms with E-state index in [1.807, 2.05) is 0 Å². The molecule has 1 unspecified atom stereocenters. The number of hydrogen-bond acceptors (Lipinski definition) is 4. The molecule has 0 aliphatic heterocycles. The van der Waals surface area contributed by atoms with Crippen molar-refractivity contribution in [1.82, 2.24) is 5.32 Å². The lowest BCUT2D eigenvalue weighted by Gasteiger charge is -2.11. The van der Waals surface area contributed by atoms with Crippen LogP contribution in [-0.4, -0.2) is 36.7 Å². The van der Waals surface area contributed by atoms with Gasteiger partial charge in [0.1, 0.15) is 5.76 Å². The largest absolute Gasteiger partial charge is 0.480 e. The van der Waals surface area contributed by atoms with E-state index in [2.05, 4.69) is 10.1 Å². The van der Waals surface area contributed by atoms with Gasteiger partial charge in [-0.3, -0.25) is 4.79 Å². The van der Waals surface area contributed by atoms with Crippen molar-refractivity contribution in [2.75, 3.05) is 13.7 Å². The first-order chi connectivity index (χ1) is 8.13. The maximum atomic E-state index is 11.4. The van der Waals surface area contributed by atoms with Crippen LogP contribution in [0.3, 0.4) is 0 Å². The second-order valence-electron chi connectivity index (χ2n) is 3.20. The highest BCUT2D eigenvalue weighted by molar-refractivity contribution is 5.94. The summed E-state index contributed by atoms with van der Waals surface area (Å²) in [7, 11) is 1.36. The van der Waals surface area contributed by atoms with Crippen molar-refractivity contribution in [1.29, 1.82) is 0 Å². The molecule has 0 aliphatic carbocycles. The Balaban J connectivity index is 2.50. The maximum absolute atomic E-state index is 11.4. The van der Waals surface area contributed by atoms with Crippen LogP contribution >= 0.6 is 0 Å². The smallest absolute Gasteiger partial charge is 0.328 e. The molecule has 2 N–H and O–H groups in total. The lowest BCUT2D eigenvalue weighted by molar-refractivity contribution is -0.142. The molecule has 1 amide bonds. The normalized spacial score (nSPS) is 12.5. The third-order valence-electron chi connectivity index (χ3n) is 1.89. The van der Waals surface area contributed by atoms with Crippen molar-refractivity contribution in [3.8, 4) is 0 Å². The van der Waals surface area contributed by atoms with Crippen molar-refractivity contribution in [3.05, 3.63) is 30.2 Å². The Morgan fingerprint density at radius 1 is 1.65 bits per heavy atom. The Morgan fingerprint density at radius 2 is 2.41 bits per heavy atom. The van der Waals surface area contributed by atoms with Gasteiger partial charge in [-0.05, 0) is 18.2 Å². The average molecular weight is 239 g/mol. The summed E-state index contributed by atoms with van der Waals surface area (Å²) < 4.78 is 9.65. The summed E-state index contributed by atoms with van der Waals surface area (Å²) in [5.74, 6) is -1.16. The minimum absolute atomic E-state index is 0.0876. The Bertz CT molecular complexity index is 396. The highest BCUT2D eigenvalue weighted by Crippen LogP contribution is 2.01. The number of carbonyl (C=O) groups is 2. The van der Waals surface area contributed by atoms with Gasteiger partial charge >= 0.3 is 5.97 Å². The van der Waals surface area contributed by atoms with Crippen LogP contribution in [0.5, 0.6) is 0 Å². The Hall–Kier alpha value is -2.08. The topological polar surface area (TPSA) is 88.8 Å². The van der Waals surface area contributed by atoms with Crippen LogP contribution in [0, 0.1) is 0 Å². The zero-order valence-corrected chi connectivity index (χ0v) is 9.25. The molecule has 0 aromatic carbocycles. The molecular formula is C11H13NO5. The number of rotatable bonds is 6. The van der Waals surface area contributed by atoms with E-state index in [0.717, 1.165) is 0 Å². The predicted octanol–water partition coefficient (Wildman–Crippen LogP) is 0.509. The summed E-state index contributed by atoms with van der Waals surface area (Å²) in [6.45, 7) is -0.0876. The molecule has 0 spiro atoms. The number of nitrogens with one attached hydrogen (secondary N) is 1. The Morgan fingerprint density at radius 3 is 2.94 bits per heavy atom. The van der Waals surface area contributed by atoms with Gasteiger partial charge in [0.05, 0.1) is 12.9 Å². The van der Waals surface area contributed by atoms with Crippen molar-refractivity contribution in [2.24, 2.45) is 0 Å². The molecule has 1 atom stereocenters. The summed E-state index contributed by atoms with van der Waals surface area (Å²) in [5.41, 5.74) is 0. The number of aliphatic carboxylic acids is 1. The number of hydrogen-bond donors (Lipinski definition) is 2. The monoisotopic (exact) mass is 239 g/mol. The van der Waals surface area contributed by atoms with E-state index in [1.165, 1.54) is 25.5 Å². The van der Waals surface area contributed by atoms with Gasteiger partial charge in [0.25, 0.3) is 0 Å². The second-order valence-corrected chi connectivity index (χ2v) is 3.20. The fraction of sp³-hybridized carbons (Fsp3) is 0.273. The molecule has 1 aromatic heterocycles. The van der Waals surface area contributed by atoms with E-state index >= 15 is 0 Å². The summed E-state index contributed by atoms with van der Waals surface area (Å²) in [5, 5.41) is 11.1. The SMILES string of the molecule is COCC(NC(=O)/C=C/c1ccco1)C(=O)O. The lowest BCUT2D eigenvalue weighted by atomic mass is 10.3. The molecule has 17 heavy (non-hydrogen) atoms. The molecule has 0 aliphatic rings. The van der Waals surface area contributed by atoms with E-state index in [4.69, 9.17) is 9.52 Å². The van der Waals surface area contributed by atoms with Crippen molar-refractivity contribution in [2.45, 2.75) is 6.04 Å². The molecule has 1 heterocycles. The average Bonchev–Trinajstić information content (AvgIpc) is 2.78. The molecule has 0 saturated heterocycles. The van der Waals surface area contributed by atoms with E-state index in [9.17, 15) is 9.59 Å². The summed E-state index contributed by atoms with van der Waals surface area (Å²) in [6, 6.07) is 2.30. The number of carboxylic acids is 1. The number of carboxylic acid groups (broad SMARTS) is 1. The predicted molar refractivity (Wildman–Crippen MR) is 59.2 cm³/mol. The van der Waals surface area contributed by atoms with Crippen LogP contribution in [0.2, 0.25) is 0 Å². The highest BCUT2D eigenvalue weighted by atomic mass is 16.5. The Kier molecular flexibility index (Phi) is 4.96. The van der Waals surface area contributed by atoms with E-state index in [1.54, 1.807) is 12.1 Å². The first kappa shape index (κ1) is 13.0. The highest BCUT2D eigenvalue weighted by Gasteiger charge is 2.18. The first-order valence-corrected chi connectivity index (χ1v) is 4.87. The maximum Gasteiger partial charge on any atom is 0.328 e. The van der Waals surface area contributed by atoms with E-state index in [0.29, 0.717) is 5.76 Å². The van der Waals surface area contributed by atoms with Crippen molar-refractivity contribution >= 4 is 18.0 Å². The molecule has 0 saturated carbocycles. The van der Waals surface area contributed by atoms with Gasteiger partial charge in [0, 0.05) is 13.2 Å². The summed E-state index contributed by atoms with van der Waals surface area (Å²) >= 11 is 0. The van der Waals surface area contributed by atoms with Gasteiger partial charge < -0.3 is 19.6 Å². The Labute approximate surface area is 97.9 Å². The van der Waals surface area contributed by atoms with Gasteiger partial charge in [-0.25, -0.2) is 4.79 Å². The number of ether oxygens (including phenoxy) is 1. The van der Waals surface area contributed by atoms with Crippen LogP contribution in [0.25, 0.3) is 6.08 Å². The molecule has 0 radical (unpaired) electrons. The summed E-state index contributed by atoms with van der Waals surface area (Å²) in [6.07, 6.45) is 4.12. The molecule has 92 valence electrons. The van der Waals surface area contributed by atoms with Gasteiger partial charge in [-0.15, -0.1) is 0 Å². The molecule has 1 rings (SSSR count). The minimum Gasteiger partial charge on any atom is -0.480 e. The van der Waals surface area contributed by atoms with Gasteiger partial charge in [0.15, 0.2) is 6.04 Å². The van der Waals surface area contributed by atoms with Crippen LogP contribution < -0.4 is 5.32 Å². The third-order valence-corrected chi connectivity index (χ3v) is 1.89. The molecule has 1 aromatic rings. The molecular weight excluding hydrogens is 226 g/mol. The molecule has 6 nitrogen and oxygen atoms in total. The first-order valence-electron chi connectivity index (χ1n) is 4.87. The zero-order chi connectivity index (χ0) is 12.7. The van der Waals surface area contributed by atoms with Crippen LogP contribution in [0.4, 0.5) is 0 Å². The van der Waals surface area contributed by atoms with Gasteiger partial charge in [-0.2, -0.15) is 0 Å². The van der Waals surface area contributed by atoms with Crippen LogP contribution in [-0.2, 0) is 14.3 Å².